The summed E-state index contributed by atoms with van der Waals surface area (Å²) in [7, 11) is 0. The SMILES string of the molecule is CC(C)CC(NC(=O)C1CCCN1C(=O)C1CCCN1C(=O)C(N)CCCN=C(N)N)C(=O)O. The molecule has 34 heavy (non-hydrogen) atoms. The zero-order valence-corrected chi connectivity index (χ0v) is 20.1. The smallest absolute Gasteiger partial charge is 0.326 e. The van der Waals surface area contributed by atoms with Crippen LogP contribution in [0, 0.1) is 5.92 Å². The number of aliphatic carboxylic acids is 1. The highest BCUT2D eigenvalue weighted by molar-refractivity contribution is 5.94. The summed E-state index contributed by atoms with van der Waals surface area (Å²) in [6.45, 7) is 4.94. The lowest BCUT2D eigenvalue weighted by Gasteiger charge is -2.32. The molecule has 2 saturated heterocycles. The average Bonchev–Trinajstić information content (AvgIpc) is 3.44. The van der Waals surface area contributed by atoms with E-state index in [1.54, 1.807) is 0 Å². The van der Waals surface area contributed by atoms with Crippen LogP contribution in [0.4, 0.5) is 0 Å². The fourth-order valence-corrected chi connectivity index (χ4v) is 4.60. The lowest BCUT2D eigenvalue weighted by Crippen LogP contribution is -2.56. The Hall–Kier alpha value is -2.89. The second-order valence-corrected chi connectivity index (χ2v) is 9.46. The van der Waals surface area contributed by atoms with Crippen molar-refractivity contribution >= 4 is 29.7 Å². The third-order valence-electron chi connectivity index (χ3n) is 6.27. The Morgan fingerprint density at radius 1 is 1.06 bits per heavy atom. The molecule has 0 radical (unpaired) electrons. The largest absolute Gasteiger partial charge is 0.480 e. The summed E-state index contributed by atoms with van der Waals surface area (Å²) >= 11 is 0. The minimum absolute atomic E-state index is 0.0202. The minimum Gasteiger partial charge on any atom is -0.480 e. The molecule has 2 aliphatic heterocycles. The van der Waals surface area contributed by atoms with Gasteiger partial charge in [0.1, 0.15) is 18.1 Å². The van der Waals surface area contributed by atoms with Crippen LogP contribution in [0.1, 0.15) is 58.8 Å². The maximum Gasteiger partial charge on any atom is 0.326 e. The van der Waals surface area contributed by atoms with Gasteiger partial charge in [-0.3, -0.25) is 19.4 Å². The highest BCUT2D eigenvalue weighted by atomic mass is 16.4. The third kappa shape index (κ3) is 7.31. The summed E-state index contributed by atoms with van der Waals surface area (Å²) in [5.41, 5.74) is 16.7. The highest BCUT2D eigenvalue weighted by Gasteiger charge is 2.43. The molecule has 12 heteroatoms. The Bertz CT molecular complexity index is 784. The standard InChI is InChI=1S/C22H39N7O5/c1-13(2)12-15(21(33)34)27-18(30)16-7-4-10-28(16)20(32)17-8-5-11-29(17)19(31)14(23)6-3-9-26-22(24)25/h13-17H,3-12,23H2,1-2H3,(H,27,30)(H,33,34)(H4,24,25,26). The van der Waals surface area contributed by atoms with E-state index in [1.165, 1.54) is 9.80 Å². The van der Waals surface area contributed by atoms with Crippen LogP contribution in [0.3, 0.4) is 0 Å². The van der Waals surface area contributed by atoms with E-state index >= 15 is 0 Å². The lowest BCUT2D eigenvalue weighted by atomic mass is 10.0. The molecule has 12 nitrogen and oxygen atoms in total. The molecule has 2 aliphatic rings. The van der Waals surface area contributed by atoms with Gasteiger partial charge in [0, 0.05) is 19.6 Å². The Labute approximate surface area is 200 Å². The van der Waals surface area contributed by atoms with E-state index in [9.17, 15) is 24.3 Å². The first-order valence-electron chi connectivity index (χ1n) is 12.0. The van der Waals surface area contributed by atoms with Gasteiger partial charge in [-0.25, -0.2) is 4.79 Å². The molecule has 3 amide bonds. The summed E-state index contributed by atoms with van der Waals surface area (Å²) in [6, 6.07) is -3.19. The van der Waals surface area contributed by atoms with E-state index < -0.39 is 36.0 Å². The second kappa shape index (κ2) is 12.5. The number of nitrogens with one attached hydrogen (secondary N) is 1. The van der Waals surface area contributed by atoms with Crippen molar-refractivity contribution in [2.45, 2.75) is 83.0 Å². The number of nitrogens with two attached hydrogens (primary N) is 3. The molecule has 0 spiro atoms. The molecule has 4 atom stereocenters. The zero-order chi connectivity index (χ0) is 25.4. The molecule has 0 saturated carbocycles. The van der Waals surface area contributed by atoms with Crippen molar-refractivity contribution in [2.24, 2.45) is 28.1 Å². The number of carboxylic acid groups (broad SMARTS) is 1. The maximum atomic E-state index is 13.4. The van der Waals surface area contributed by atoms with E-state index in [0.717, 1.165) is 0 Å². The molecule has 0 aliphatic carbocycles. The topological polar surface area (TPSA) is 197 Å². The van der Waals surface area contributed by atoms with Gasteiger partial charge in [-0.15, -0.1) is 0 Å². The van der Waals surface area contributed by atoms with Gasteiger partial charge in [-0.2, -0.15) is 0 Å². The number of hydrogen-bond acceptors (Lipinski definition) is 6. The fourth-order valence-electron chi connectivity index (χ4n) is 4.60. The summed E-state index contributed by atoms with van der Waals surface area (Å²) in [4.78, 5) is 57.6. The van der Waals surface area contributed by atoms with E-state index in [-0.39, 0.29) is 23.7 Å². The molecule has 192 valence electrons. The van der Waals surface area contributed by atoms with E-state index in [1.807, 2.05) is 13.8 Å². The first kappa shape index (κ1) is 27.4. The molecule has 2 heterocycles. The van der Waals surface area contributed by atoms with Gasteiger partial charge in [0.15, 0.2) is 5.96 Å². The molecule has 2 rings (SSSR count). The van der Waals surface area contributed by atoms with Crippen LogP contribution in [0.2, 0.25) is 0 Å². The van der Waals surface area contributed by atoms with Crippen LogP contribution in [-0.2, 0) is 19.2 Å². The fraction of sp³-hybridized carbons (Fsp3) is 0.773. The lowest BCUT2D eigenvalue weighted by molar-refractivity contribution is -0.148. The van der Waals surface area contributed by atoms with E-state index in [2.05, 4.69) is 10.3 Å². The third-order valence-corrected chi connectivity index (χ3v) is 6.27. The molecular weight excluding hydrogens is 442 g/mol. The molecule has 0 aromatic rings. The number of amides is 3. The molecule has 0 bridgehead atoms. The molecule has 4 unspecified atom stereocenters. The predicted molar refractivity (Wildman–Crippen MR) is 126 cm³/mol. The van der Waals surface area contributed by atoms with Crippen molar-refractivity contribution in [3.8, 4) is 0 Å². The number of nitrogens with zero attached hydrogens (tertiary/aromatic N) is 3. The Balaban J connectivity index is 2.02. The minimum atomic E-state index is -1.10. The number of aliphatic imine (C=N–C) groups is 1. The molecular formula is C22H39N7O5. The van der Waals surface area contributed by atoms with Gasteiger partial charge in [0.2, 0.25) is 17.7 Å². The van der Waals surface area contributed by atoms with Crippen LogP contribution in [0.5, 0.6) is 0 Å². The number of hydrogen-bond donors (Lipinski definition) is 5. The summed E-state index contributed by atoms with van der Waals surface area (Å²) in [5, 5.41) is 12.0. The van der Waals surface area contributed by atoms with Gasteiger partial charge in [-0.1, -0.05) is 13.8 Å². The van der Waals surface area contributed by atoms with Gasteiger partial charge in [0.25, 0.3) is 0 Å². The van der Waals surface area contributed by atoms with Crippen molar-refractivity contribution in [2.75, 3.05) is 19.6 Å². The Morgan fingerprint density at radius 2 is 1.68 bits per heavy atom. The van der Waals surface area contributed by atoms with Crippen LogP contribution >= 0.6 is 0 Å². The van der Waals surface area contributed by atoms with Gasteiger partial charge < -0.3 is 37.4 Å². The molecule has 2 fully saturated rings. The Kier molecular flexibility index (Phi) is 10.1. The summed E-state index contributed by atoms with van der Waals surface area (Å²) in [6.07, 6.45) is 3.48. The van der Waals surface area contributed by atoms with Crippen molar-refractivity contribution in [1.29, 1.82) is 0 Å². The molecule has 8 N–H and O–H groups in total. The second-order valence-electron chi connectivity index (χ2n) is 9.46. The molecule has 0 aromatic heterocycles. The number of guanidine groups is 1. The normalized spacial score (nSPS) is 21.9. The van der Waals surface area contributed by atoms with Crippen molar-refractivity contribution in [1.82, 2.24) is 15.1 Å². The number of carbonyl (C=O) groups excluding carboxylic acids is 3. The van der Waals surface area contributed by atoms with Gasteiger partial charge in [-0.05, 0) is 50.9 Å². The maximum absolute atomic E-state index is 13.4. The van der Waals surface area contributed by atoms with Crippen molar-refractivity contribution < 1.29 is 24.3 Å². The van der Waals surface area contributed by atoms with Gasteiger partial charge >= 0.3 is 5.97 Å². The monoisotopic (exact) mass is 481 g/mol. The Morgan fingerprint density at radius 3 is 2.26 bits per heavy atom. The van der Waals surface area contributed by atoms with Crippen LogP contribution in [-0.4, -0.2) is 88.4 Å². The average molecular weight is 482 g/mol. The first-order chi connectivity index (χ1) is 16.0. The number of carboxylic acids is 1. The van der Waals surface area contributed by atoms with E-state index in [4.69, 9.17) is 17.2 Å². The van der Waals surface area contributed by atoms with Crippen molar-refractivity contribution in [3.05, 3.63) is 0 Å². The number of likely N-dealkylation sites (tertiary alicyclic amines) is 2. The summed E-state index contributed by atoms with van der Waals surface area (Å²) < 4.78 is 0. The number of carbonyl (C=O) groups is 4. The summed E-state index contributed by atoms with van der Waals surface area (Å²) in [5.74, 6) is -2.08. The zero-order valence-electron chi connectivity index (χ0n) is 20.1. The van der Waals surface area contributed by atoms with Gasteiger partial charge in [0.05, 0.1) is 6.04 Å². The van der Waals surface area contributed by atoms with Crippen LogP contribution in [0.15, 0.2) is 4.99 Å². The van der Waals surface area contributed by atoms with Crippen LogP contribution in [0.25, 0.3) is 0 Å². The first-order valence-corrected chi connectivity index (χ1v) is 12.0. The quantitative estimate of drug-likeness (QED) is 0.140. The predicted octanol–water partition coefficient (Wildman–Crippen LogP) is -1.04. The number of rotatable bonds is 11. The van der Waals surface area contributed by atoms with Crippen molar-refractivity contribution in [3.63, 3.8) is 0 Å². The highest BCUT2D eigenvalue weighted by Crippen LogP contribution is 2.26. The molecule has 0 aromatic carbocycles. The van der Waals surface area contributed by atoms with Crippen LogP contribution < -0.4 is 22.5 Å². The van der Waals surface area contributed by atoms with E-state index in [0.29, 0.717) is 64.6 Å².